The Kier molecular flexibility index (Phi) is 4.53. The van der Waals surface area contributed by atoms with Crippen molar-refractivity contribution in [2.24, 2.45) is 0 Å². The molecule has 1 amide bonds. The molecule has 1 aliphatic rings. The lowest BCUT2D eigenvalue weighted by molar-refractivity contribution is -0.122. The predicted molar refractivity (Wildman–Crippen MR) is 86.7 cm³/mol. The molecular formula is C17H20FN3O3. The molecule has 0 bridgehead atoms. The minimum absolute atomic E-state index is 0.260. The van der Waals surface area contributed by atoms with Crippen LogP contribution in [0.5, 0.6) is 5.75 Å². The number of fused-ring (bicyclic) bond motifs is 1. The second-order valence-electron chi connectivity index (χ2n) is 5.81. The third-order valence-electron chi connectivity index (χ3n) is 4.13. The Morgan fingerprint density at radius 3 is 3.04 bits per heavy atom. The molecule has 1 N–H and O–H groups in total. The highest BCUT2D eigenvalue weighted by Crippen LogP contribution is 2.30. The van der Waals surface area contributed by atoms with Crippen LogP contribution in [0.25, 0.3) is 0 Å². The number of aromatic nitrogens is 2. The third-order valence-corrected chi connectivity index (χ3v) is 4.13. The minimum Gasteiger partial charge on any atom is -0.480 e. The number of carbonyl (C=O) groups is 1. The SMILES string of the molecule is COCCn1nc(C)c(NC(=O)C2Cc3cc(F)ccc3O2)c1C. The maximum absolute atomic E-state index is 13.3. The molecule has 2 heterocycles. The molecule has 1 atom stereocenters. The lowest BCUT2D eigenvalue weighted by Crippen LogP contribution is -2.31. The number of halogens is 1. The van der Waals surface area contributed by atoms with E-state index in [4.69, 9.17) is 9.47 Å². The molecule has 0 radical (unpaired) electrons. The summed E-state index contributed by atoms with van der Waals surface area (Å²) in [5, 5.41) is 7.29. The molecule has 0 saturated carbocycles. The zero-order valence-corrected chi connectivity index (χ0v) is 13.9. The van der Waals surface area contributed by atoms with Gasteiger partial charge in [-0.3, -0.25) is 9.48 Å². The van der Waals surface area contributed by atoms with E-state index in [1.54, 1.807) is 17.9 Å². The lowest BCUT2D eigenvalue weighted by Gasteiger charge is -2.12. The topological polar surface area (TPSA) is 65.4 Å². The molecule has 1 aliphatic heterocycles. The van der Waals surface area contributed by atoms with E-state index in [2.05, 4.69) is 10.4 Å². The number of nitrogens with zero attached hydrogens (tertiary/aromatic N) is 2. The van der Waals surface area contributed by atoms with E-state index in [-0.39, 0.29) is 11.7 Å². The molecule has 6 nitrogen and oxygen atoms in total. The van der Waals surface area contributed by atoms with Crippen molar-refractivity contribution < 1.29 is 18.7 Å². The van der Waals surface area contributed by atoms with Crippen LogP contribution < -0.4 is 10.1 Å². The van der Waals surface area contributed by atoms with Gasteiger partial charge in [0.05, 0.1) is 30.2 Å². The summed E-state index contributed by atoms with van der Waals surface area (Å²) >= 11 is 0. The van der Waals surface area contributed by atoms with Crippen LogP contribution >= 0.6 is 0 Å². The number of hydrogen-bond donors (Lipinski definition) is 1. The number of amides is 1. The first-order valence-corrected chi connectivity index (χ1v) is 7.78. The Hall–Kier alpha value is -2.41. The van der Waals surface area contributed by atoms with Gasteiger partial charge in [0.1, 0.15) is 11.6 Å². The van der Waals surface area contributed by atoms with Crippen LogP contribution in [-0.4, -0.2) is 35.5 Å². The van der Waals surface area contributed by atoms with Gasteiger partial charge in [0.2, 0.25) is 0 Å². The summed E-state index contributed by atoms with van der Waals surface area (Å²) in [7, 11) is 1.63. The number of ether oxygens (including phenoxy) is 2. The Balaban J connectivity index is 1.71. The molecule has 0 spiro atoms. The van der Waals surface area contributed by atoms with E-state index in [0.717, 1.165) is 11.4 Å². The Labute approximate surface area is 139 Å². The van der Waals surface area contributed by atoms with Gasteiger partial charge in [0.25, 0.3) is 5.91 Å². The third kappa shape index (κ3) is 3.12. The first-order chi connectivity index (χ1) is 11.5. The number of rotatable bonds is 5. The summed E-state index contributed by atoms with van der Waals surface area (Å²) in [4.78, 5) is 12.5. The van der Waals surface area contributed by atoms with Crippen LogP contribution in [0.2, 0.25) is 0 Å². The van der Waals surface area contributed by atoms with E-state index in [0.29, 0.717) is 36.6 Å². The van der Waals surface area contributed by atoms with Crippen molar-refractivity contribution in [3.8, 4) is 5.75 Å². The minimum atomic E-state index is -0.664. The molecule has 0 aliphatic carbocycles. The van der Waals surface area contributed by atoms with Crippen LogP contribution in [0, 0.1) is 19.7 Å². The van der Waals surface area contributed by atoms with Crippen LogP contribution in [0.15, 0.2) is 18.2 Å². The quantitative estimate of drug-likeness (QED) is 0.911. The number of methoxy groups -OCH3 is 1. The molecule has 24 heavy (non-hydrogen) atoms. The van der Waals surface area contributed by atoms with Crippen molar-refractivity contribution in [2.75, 3.05) is 19.0 Å². The molecular weight excluding hydrogens is 313 g/mol. The highest BCUT2D eigenvalue weighted by molar-refractivity contribution is 5.96. The van der Waals surface area contributed by atoms with Gasteiger partial charge >= 0.3 is 0 Å². The maximum Gasteiger partial charge on any atom is 0.265 e. The normalized spacial score (nSPS) is 15.9. The van der Waals surface area contributed by atoms with Crippen LogP contribution in [0.3, 0.4) is 0 Å². The van der Waals surface area contributed by atoms with E-state index in [1.807, 2.05) is 13.8 Å². The van der Waals surface area contributed by atoms with Gasteiger partial charge in [-0.05, 0) is 32.0 Å². The first-order valence-electron chi connectivity index (χ1n) is 7.78. The number of carbonyl (C=O) groups excluding carboxylic acids is 1. The zero-order valence-electron chi connectivity index (χ0n) is 13.9. The van der Waals surface area contributed by atoms with E-state index in [9.17, 15) is 9.18 Å². The van der Waals surface area contributed by atoms with E-state index < -0.39 is 6.10 Å². The van der Waals surface area contributed by atoms with Gasteiger partial charge in [-0.1, -0.05) is 0 Å². The second-order valence-corrected chi connectivity index (χ2v) is 5.81. The largest absolute Gasteiger partial charge is 0.480 e. The average molecular weight is 333 g/mol. The first kappa shape index (κ1) is 16.4. The molecule has 2 aromatic rings. The monoisotopic (exact) mass is 333 g/mol. The number of anilines is 1. The highest BCUT2D eigenvalue weighted by atomic mass is 19.1. The molecule has 0 fully saturated rings. The zero-order chi connectivity index (χ0) is 17.3. The molecule has 7 heteroatoms. The fourth-order valence-corrected chi connectivity index (χ4v) is 2.84. The van der Waals surface area contributed by atoms with Crippen LogP contribution in [0.4, 0.5) is 10.1 Å². The summed E-state index contributed by atoms with van der Waals surface area (Å²) in [5.41, 5.74) is 2.99. The number of nitrogens with one attached hydrogen (secondary N) is 1. The predicted octanol–water partition coefficient (Wildman–Crippen LogP) is 2.23. The number of hydrogen-bond acceptors (Lipinski definition) is 4. The molecule has 128 valence electrons. The highest BCUT2D eigenvalue weighted by Gasteiger charge is 2.30. The van der Waals surface area contributed by atoms with Crippen molar-refractivity contribution >= 4 is 11.6 Å². The van der Waals surface area contributed by atoms with E-state index in [1.165, 1.54) is 12.1 Å². The molecule has 0 saturated heterocycles. The second kappa shape index (κ2) is 6.60. The summed E-state index contributed by atoms with van der Waals surface area (Å²) < 4.78 is 25.8. The molecule has 1 aromatic heterocycles. The number of aryl methyl sites for hydroxylation is 1. The van der Waals surface area contributed by atoms with Crippen molar-refractivity contribution in [1.29, 1.82) is 0 Å². The van der Waals surface area contributed by atoms with Gasteiger partial charge in [-0.25, -0.2) is 4.39 Å². The van der Waals surface area contributed by atoms with Crippen molar-refractivity contribution in [3.05, 3.63) is 41.0 Å². The van der Waals surface area contributed by atoms with Crippen LogP contribution in [-0.2, 0) is 22.5 Å². The fourth-order valence-electron chi connectivity index (χ4n) is 2.84. The smallest absolute Gasteiger partial charge is 0.265 e. The van der Waals surface area contributed by atoms with Gasteiger partial charge in [-0.15, -0.1) is 0 Å². The fraction of sp³-hybridized carbons (Fsp3) is 0.412. The van der Waals surface area contributed by atoms with Crippen molar-refractivity contribution in [3.63, 3.8) is 0 Å². The molecule has 1 aromatic carbocycles. The van der Waals surface area contributed by atoms with Crippen LogP contribution in [0.1, 0.15) is 17.0 Å². The van der Waals surface area contributed by atoms with Gasteiger partial charge < -0.3 is 14.8 Å². The van der Waals surface area contributed by atoms with Gasteiger partial charge in [0, 0.05) is 19.1 Å². The Bertz CT molecular complexity index is 773. The van der Waals surface area contributed by atoms with Gasteiger partial charge in [-0.2, -0.15) is 5.10 Å². The standard InChI is InChI=1S/C17H20FN3O3/c1-10-16(11(2)21(20-10)6-7-23-3)19-17(22)15-9-12-8-13(18)4-5-14(12)24-15/h4-5,8,15H,6-7,9H2,1-3H3,(H,19,22). The Morgan fingerprint density at radius 1 is 1.50 bits per heavy atom. The summed E-state index contributed by atoms with van der Waals surface area (Å²) in [6.45, 7) is 4.89. The van der Waals surface area contributed by atoms with Gasteiger partial charge in [0.15, 0.2) is 6.10 Å². The summed E-state index contributed by atoms with van der Waals surface area (Å²) in [5.74, 6) is -0.0330. The number of benzene rings is 1. The lowest BCUT2D eigenvalue weighted by atomic mass is 10.1. The van der Waals surface area contributed by atoms with Crippen molar-refractivity contribution in [2.45, 2.75) is 32.9 Å². The summed E-state index contributed by atoms with van der Waals surface area (Å²) in [6.07, 6.45) is -0.308. The van der Waals surface area contributed by atoms with Crippen molar-refractivity contribution in [1.82, 2.24) is 9.78 Å². The molecule has 3 rings (SSSR count). The Morgan fingerprint density at radius 2 is 2.29 bits per heavy atom. The summed E-state index contributed by atoms with van der Waals surface area (Å²) in [6, 6.07) is 4.28. The maximum atomic E-state index is 13.3. The average Bonchev–Trinajstić information content (AvgIpc) is 3.08. The van der Waals surface area contributed by atoms with E-state index >= 15 is 0 Å². The molecule has 1 unspecified atom stereocenters.